The molecule has 3 rings (SSSR count). The van der Waals surface area contributed by atoms with Crippen molar-refractivity contribution in [3.05, 3.63) is 70.3 Å². The Hall–Kier alpha value is -3.86. The summed E-state index contributed by atoms with van der Waals surface area (Å²) >= 11 is 0. The third-order valence-corrected chi connectivity index (χ3v) is 4.78. The Morgan fingerprint density at radius 1 is 1.17 bits per heavy atom. The van der Waals surface area contributed by atoms with Gasteiger partial charge in [-0.15, -0.1) is 5.10 Å². The first-order valence-corrected chi connectivity index (χ1v) is 9.99. The Labute approximate surface area is 165 Å². The monoisotopic (exact) mass is 414 g/mol. The van der Waals surface area contributed by atoms with E-state index in [1.54, 1.807) is 12.1 Å². The van der Waals surface area contributed by atoms with Crippen molar-refractivity contribution in [1.29, 1.82) is 0 Å². The van der Waals surface area contributed by atoms with Crippen LogP contribution in [0.5, 0.6) is 0 Å². The van der Waals surface area contributed by atoms with Gasteiger partial charge in [0.05, 0.1) is 9.82 Å². The Balaban J connectivity index is 1.71. The Morgan fingerprint density at radius 2 is 1.93 bits per heavy atom. The van der Waals surface area contributed by atoms with Gasteiger partial charge < -0.3 is 4.42 Å². The normalized spacial score (nSPS) is 11.5. The molecule has 0 aliphatic rings. The minimum atomic E-state index is -3.40. The first kappa shape index (κ1) is 19.9. The van der Waals surface area contributed by atoms with Gasteiger partial charge in [-0.1, -0.05) is 23.3 Å². The maximum absolute atomic E-state index is 12.0. The highest BCUT2D eigenvalue weighted by molar-refractivity contribution is 7.90. The quantitative estimate of drug-likeness (QED) is 0.368. The molecule has 10 nitrogen and oxygen atoms in total. The van der Waals surface area contributed by atoms with Crippen LogP contribution in [0, 0.1) is 10.1 Å². The highest BCUT2D eigenvalue weighted by Gasteiger charge is 2.13. The fourth-order valence-corrected chi connectivity index (χ4v) is 2.98. The molecule has 148 valence electrons. The van der Waals surface area contributed by atoms with Crippen LogP contribution in [0.3, 0.4) is 0 Å². The second-order valence-electron chi connectivity index (χ2n) is 5.89. The maximum Gasteiger partial charge on any atom is 0.322 e. The van der Waals surface area contributed by atoms with Gasteiger partial charge in [-0.2, -0.15) is 0 Å². The third kappa shape index (κ3) is 5.11. The van der Waals surface area contributed by atoms with Crippen LogP contribution in [-0.4, -0.2) is 35.7 Å². The smallest absolute Gasteiger partial charge is 0.322 e. The summed E-state index contributed by atoms with van der Waals surface area (Å²) in [5, 5.41) is 20.6. The van der Waals surface area contributed by atoms with E-state index in [0.29, 0.717) is 11.1 Å². The van der Waals surface area contributed by atoms with Crippen LogP contribution in [0.15, 0.2) is 63.9 Å². The lowest BCUT2D eigenvalue weighted by molar-refractivity contribution is -0.384. The lowest BCUT2D eigenvalue weighted by Gasteiger charge is -2.00. The fourth-order valence-electron chi connectivity index (χ4n) is 2.31. The second kappa shape index (κ2) is 8.02. The molecule has 0 fully saturated rings. The largest absolute Gasteiger partial charge is 0.403 e. The maximum atomic E-state index is 12.0. The van der Waals surface area contributed by atoms with Gasteiger partial charge in [-0.3, -0.25) is 20.2 Å². The molecule has 2 aromatic carbocycles. The van der Waals surface area contributed by atoms with Gasteiger partial charge >= 0.3 is 6.01 Å². The molecule has 1 N–H and O–H groups in total. The summed E-state index contributed by atoms with van der Waals surface area (Å²) in [6, 6.07) is 11.6. The van der Waals surface area contributed by atoms with E-state index in [-0.39, 0.29) is 22.5 Å². The molecule has 0 saturated carbocycles. The predicted molar refractivity (Wildman–Crippen MR) is 104 cm³/mol. The van der Waals surface area contributed by atoms with E-state index >= 15 is 0 Å². The van der Waals surface area contributed by atoms with Crippen LogP contribution in [0.25, 0.3) is 17.5 Å². The molecule has 0 aliphatic heterocycles. The molecular formula is C18H14N4O6S. The Bertz CT molecular complexity index is 1220. The molecule has 0 unspecified atom stereocenters. The highest BCUT2D eigenvalue weighted by atomic mass is 32.2. The van der Waals surface area contributed by atoms with Crippen molar-refractivity contribution in [2.24, 2.45) is 0 Å². The van der Waals surface area contributed by atoms with Crippen LogP contribution >= 0.6 is 0 Å². The number of aromatic nitrogens is 2. The van der Waals surface area contributed by atoms with Gasteiger partial charge in [0.15, 0.2) is 9.84 Å². The summed E-state index contributed by atoms with van der Waals surface area (Å²) in [6.45, 7) is 0. The third-order valence-electron chi connectivity index (χ3n) is 3.67. The summed E-state index contributed by atoms with van der Waals surface area (Å²) in [6.07, 6.45) is 3.64. The lowest BCUT2D eigenvalue weighted by Crippen LogP contribution is -2.07. The van der Waals surface area contributed by atoms with E-state index in [1.807, 2.05) is 0 Å². The number of nitrogens with zero attached hydrogens (tertiary/aromatic N) is 3. The van der Waals surface area contributed by atoms with E-state index in [9.17, 15) is 23.3 Å². The van der Waals surface area contributed by atoms with Crippen LogP contribution in [-0.2, 0) is 14.6 Å². The first-order chi connectivity index (χ1) is 13.7. The minimum Gasteiger partial charge on any atom is -0.403 e. The van der Waals surface area contributed by atoms with Crippen molar-refractivity contribution in [3.8, 4) is 11.5 Å². The molecule has 3 aromatic rings. The first-order valence-electron chi connectivity index (χ1n) is 8.10. The summed E-state index contributed by atoms with van der Waals surface area (Å²) in [4.78, 5) is 22.3. The molecule has 0 saturated heterocycles. The van der Waals surface area contributed by atoms with Crippen LogP contribution in [0.4, 0.5) is 11.7 Å². The molecule has 1 amide bonds. The number of carbonyl (C=O) groups excluding carboxylic acids is 1. The zero-order valence-corrected chi connectivity index (χ0v) is 15.8. The number of hydrogen-bond donors (Lipinski definition) is 1. The molecule has 1 heterocycles. The van der Waals surface area contributed by atoms with Crippen molar-refractivity contribution in [2.75, 3.05) is 11.6 Å². The van der Waals surface area contributed by atoms with E-state index in [4.69, 9.17) is 4.42 Å². The molecule has 0 spiro atoms. The van der Waals surface area contributed by atoms with Crippen LogP contribution < -0.4 is 5.32 Å². The summed E-state index contributed by atoms with van der Waals surface area (Å²) in [7, 11) is -3.40. The van der Waals surface area contributed by atoms with E-state index in [2.05, 4.69) is 15.5 Å². The number of nitrogens with one attached hydrogen (secondary N) is 1. The standard InChI is InChI=1S/C18H14N4O6S/c1-29(26,27)15-7-3-5-13(11-15)17-20-21-18(28-17)19-16(23)9-8-12-4-2-6-14(10-12)22(24)25/h2-11H,1H3,(H,19,21,23)/b9-8+. The number of non-ortho nitro benzene ring substituents is 1. The average molecular weight is 414 g/mol. The highest BCUT2D eigenvalue weighted by Crippen LogP contribution is 2.23. The van der Waals surface area contributed by atoms with Gasteiger partial charge in [-0.25, -0.2) is 8.42 Å². The second-order valence-corrected chi connectivity index (χ2v) is 7.90. The van der Waals surface area contributed by atoms with Gasteiger partial charge in [0.2, 0.25) is 5.89 Å². The van der Waals surface area contributed by atoms with E-state index in [1.165, 1.54) is 42.5 Å². The van der Waals surface area contributed by atoms with Gasteiger partial charge in [0.25, 0.3) is 11.6 Å². The number of carbonyl (C=O) groups is 1. The van der Waals surface area contributed by atoms with E-state index < -0.39 is 20.7 Å². The number of sulfone groups is 1. The number of amides is 1. The number of benzene rings is 2. The zero-order chi connectivity index (χ0) is 21.0. The van der Waals surface area contributed by atoms with Crippen molar-refractivity contribution < 1.29 is 22.6 Å². The van der Waals surface area contributed by atoms with Crippen molar-refractivity contribution >= 4 is 33.5 Å². The fraction of sp³-hybridized carbons (Fsp3) is 0.0556. The van der Waals surface area contributed by atoms with Gasteiger partial charge in [0.1, 0.15) is 0 Å². The molecule has 29 heavy (non-hydrogen) atoms. The molecule has 0 atom stereocenters. The predicted octanol–water partition coefficient (Wildman–Crippen LogP) is 2.70. The van der Waals surface area contributed by atoms with Crippen LogP contribution in [0.2, 0.25) is 0 Å². The molecule has 11 heteroatoms. The van der Waals surface area contributed by atoms with Gasteiger partial charge in [-0.05, 0) is 29.8 Å². The summed E-state index contributed by atoms with van der Waals surface area (Å²) < 4.78 is 28.6. The number of rotatable bonds is 6. The number of anilines is 1. The molecule has 0 radical (unpaired) electrons. The average Bonchev–Trinajstić information content (AvgIpc) is 3.14. The summed E-state index contributed by atoms with van der Waals surface area (Å²) in [5.41, 5.74) is 0.761. The molecule has 0 bridgehead atoms. The lowest BCUT2D eigenvalue weighted by atomic mass is 10.2. The Morgan fingerprint density at radius 3 is 2.66 bits per heavy atom. The van der Waals surface area contributed by atoms with E-state index in [0.717, 1.165) is 12.3 Å². The minimum absolute atomic E-state index is 0.0356. The van der Waals surface area contributed by atoms with Gasteiger partial charge in [0, 0.05) is 30.0 Å². The number of hydrogen-bond acceptors (Lipinski definition) is 8. The topological polar surface area (TPSA) is 145 Å². The van der Waals surface area contributed by atoms with Crippen molar-refractivity contribution in [2.45, 2.75) is 4.90 Å². The number of nitro groups is 1. The number of nitro benzene ring substituents is 1. The zero-order valence-electron chi connectivity index (χ0n) is 15.0. The summed E-state index contributed by atoms with van der Waals surface area (Å²) in [5.74, 6) is -0.551. The van der Waals surface area contributed by atoms with Crippen molar-refractivity contribution in [3.63, 3.8) is 0 Å². The van der Waals surface area contributed by atoms with Crippen LogP contribution in [0.1, 0.15) is 5.56 Å². The molecule has 0 aliphatic carbocycles. The molecular weight excluding hydrogens is 400 g/mol. The molecule has 1 aromatic heterocycles. The Kier molecular flexibility index (Phi) is 5.50. The SMILES string of the molecule is CS(=O)(=O)c1cccc(-c2nnc(NC(=O)/C=C/c3cccc([N+](=O)[O-])c3)o2)c1. The van der Waals surface area contributed by atoms with Crippen molar-refractivity contribution in [1.82, 2.24) is 10.2 Å².